The van der Waals surface area contributed by atoms with Crippen LogP contribution in [0, 0.1) is 5.41 Å². The van der Waals surface area contributed by atoms with Gasteiger partial charge >= 0.3 is 0 Å². The number of carbonyl (C=O) groups is 1. The zero-order chi connectivity index (χ0) is 13.5. The highest BCUT2D eigenvalue weighted by Crippen LogP contribution is 2.16. The average molecular weight is 244 g/mol. The van der Waals surface area contributed by atoms with Crippen LogP contribution in [-0.2, 0) is 9.53 Å². The zero-order valence-corrected chi connectivity index (χ0v) is 11.9. The van der Waals surface area contributed by atoms with Gasteiger partial charge in [-0.15, -0.1) is 0 Å². The molecule has 0 heterocycles. The molecule has 0 rings (SSSR count). The highest BCUT2D eigenvalue weighted by atomic mass is 16.5. The number of carbonyl (C=O) groups excluding carboxylic acids is 1. The Hall–Kier alpha value is -0.610. The van der Waals surface area contributed by atoms with Crippen molar-refractivity contribution < 1.29 is 9.53 Å². The first kappa shape index (κ1) is 16.4. The first-order valence-electron chi connectivity index (χ1n) is 6.40. The second-order valence-corrected chi connectivity index (χ2v) is 5.76. The van der Waals surface area contributed by atoms with E-state index in [1.807, 2.05) is 34.6 Å². The van der Waals surface area contributed by atoms with E-state index < -0.39 is 6.04 Å². The Morgan fingerprint density at radius 3 is 2.35 bits per heavy atom. The standard InChI is InChI=1S/C13H28N2O2/c1-10(2)17-9-7-6-8-15-12(16)11(14)13(3,4)5/h10-11H,6-9,14H2,1-5H3,(H,15,16). The highest BCUT2D eigenvalue weighted by molar-refractivity contribution is 5.82. The van der Waals surface area contributed by atoms with Crippen molar-refractivity contribution >= 4 is 5.91 Å². The Kier molecular flexibility index (Phi) is 7.39. The number of ether oxygens (including phenoxy) is 1. The van der Waals surface area contributed by atoms with E-state index in [1.54, 1.807) is 0 Å². The van der Waals surface area contributed by atoms with Gasteiger partial charge in [0.1, 0.15) is 0 Å². The van der Waals surface area contributed by atoms with E-state index in [1.165, 1.54) is 0 Å². The second-order valence-electron chi connectivity index (χ2n) is 5.76. The molecule has 0 radical (unpaired) electrons. The predicted molar refractivity (Wildman–Crippen MR) is 70.8 cm³/mol. The third-order valence-electron chi connectivity index (χ3n) is 2.54. The summed E-state index contributed by atoms with van der Waals surface area (Å²) in [5.74, 6) is -0.0673. The van der Waals surface area contributed by atoms with Crippen molar-refractivity contribution in [3.05, 3.63) is 0 Å². The molecule has 0 aromatic carbocycles. The topological polar surface area (TPSA) is 64.3 Å². The maximum absolute atomic E-state index is 11.7. The van der Waals surface area contributed by atoms with Crippen LogP contribution in [0.3, 0.4) is 0 Å². The number of hydrogen-bond donors (Lipinski definition) is 2. The van der Waals surface area contributed by atoms with Gasteiger partial charge in [0, 0.05) is 13.2 Å². The van der Waals surface area contributed by atoms with Crippen molar-refractivity contribution in [1.82, 2.24) is 5.32 Å². The second kappa shape index (κ2) is 7.67. The molecule has 102 valence electrons. The van der Waals surface area contributed by atoms with Crippen LogP contribution < -0.4 is 11.1 Å². The first-order valence-corrected chi connectivity index (χ1v) is 6.40. The molecule has 0 fully saturated rings. The summed E-state index contributed by atoms with van der Waals surface area (Å²) >= 11 is 0. The van der Waals surface area contributed by atoms with Crippen molar-refractivity contribution in [1.29, 1.82) is 0 Å². The summed E-state index contributed by atoms with van der Waals surface area (Å²) in [6, 6.07) is -0.450. The molecular weight excluding hydrogens is 216 g/mol. The molecule has 0 aliphatic carbocycles. The van der Waals surface area contributed by atoms with Gasteiger partial charge in [-0.3, -0.25) is 4.79 Å². The maximum Gasteiger partial charge on any atom is 0.237 e. The molecule has 4 heteroatoms. The van der Waals surface area contributed by atoms with Crippen molar-refractivity contribution in [2.45, 2.75) is 59.6 Å². The Labute approximate surface area is 105 Å². The Bertz CT molecular complexity index is 222. The molecule has 1 unspecified atom stereocenters. The van der Waals surface area contributed by atoms with E-state index in [0.717, 1.165) is 19.4 Å². The number of nitrogens with two attached hydrogens (primary N) is 1. The first-order chi connectivity index (χ1) is 7.75. The summed E-state index contributed by atoms with van der Waals surface area (Å²) in [5, 5.41) is 2.86. The average Bonchev–Trinajstić information content (AvgIpc) is 2.19. The Balaban J connectivity index is 3.59. The van der Waals surface area contributed by atoms with Gasteiger partial charge < -0.3 is 15.8 Å². The molecule has 17 heavy (non-hydrogen) atoms. The minimum absolute atomic E-state index is 0.0673. The fourth-order valence-corrected chi connectivity index (χ4v) is 1.26. The Morgan fingerprint density at radius 1 is 1.29 bits per heavy atom. The summed E-state index contributed by atoms with van der Waals surface area (Å²) in [5.41, 5.74) is 5.65. The van der Waals surface area contributed by atoms with Crippen molar-refractivity contribution in [2.75, 3.05) is 13.2 Å². The van der Waals surface area contributed by atoms with E-state index in [4.69, 9.17) is 10.5 Å². The quantitative estimate of drug-likeness (QED) is 0.670. The summed E-state index contributed by atoms with van der Waals surface area (Å²) in [6.07, 6.45) is 2.16. The van der Waals surface area contributed by atoms with E-state index in [0.29, 0.717) is 6.54 Å². The monoisotopic (exact) mass is 244 g/mol. The predicted octanol–water partition coefficient (Wildman–Crippen LogP) is 1.68. The summed E-state index contributed by atoms with van der Waals surface area (Å²) in [7, 11) is 0. The molecule has 3 N–H and O–H groups in total. The SMILES string of the molecule is CC(C)OCCCCNC(=O)C(N)C(C)(C)C. The molecule has 0 spiro atoms. The molecule has 0 bridgehead atoms. The highest BCUT2D eigenvalue weighted by Gasteiger charge is 2.26. The normalized spacial score (nSPS) is 13.8. The fourth-order valence-electron chi connectivity index (χ4n) is 1.26. The van der Waals surface area contributed by atoms with Gasteiger partial charge in [-0.25, -0.2) is 0 Å². The lowest BCUT2D eigenvalue weighted by atomic mass is 9.87. The number of unbranched alkanes of at least 4 members (excludes halogenated alkanes) is 1. The summed E-state index contributed by atoms with van der Waals surface area (Å²) in [4.78, 5) is 11.7. The number of hydrogen-bond acceptors (Lipinski definition) is 3. The number of nitrogens with one attached hydrogen (secondary N) is 1. The van der Waals surface area contributed by atoms with E-state index in [-0.39, 0.29) is 17.4 Å². The maximum atomic E-state index is 11.7. The van der Waals surface area contributed by atoms with Crippen LogP contribution in [0.2, 0.25) is 0 Å². The zero-order valence-electron chi connectivity index (χ0n) is 11.9. The number of amides is 1. The van der Waals surface area contributed by atoms with E-state index >= 15 is 0 Å². The van der Waals surface area contributed by atoms with Gasteiger partial charge in [-0.1, -0.05) is 20.8 Å². The molecule has 1 amide bonds. The molecule has 4 nitrogen and oxygen atoms in total. The molecule has 0 aromatic rings. The van der Waals surface area contributed by atoms with Crippen molar-refractivity contribution in [2.24, 2.45) is 11.1 Å². The van der Waals surface area contributed by atoms with Gasteiger partial charge in [-0.2, -0.15) is 0 Å². The van der Waals surface area contributed by atoms with Crippen LogP contribution in [0.4, 0.5) is 0 Å². The van der Waals surface area contributed by atoms with Gasteiger partial charge in [-0.05, 0) is 32.1 Å². The van der Waals surface area contributed by atoms with Gasteiger partial charge in [0.2, 0.25) is 5.91 Å². The summed E-state index contributed by atoms with van der Waals surface area (Å²) in [6.45, 7) is 11.4. The molecule has 0 saturated heterocycles. The lowest BCUT2D eigenvalue weighted by Gasteiger charge is -2.25. The molecule has 1 atom stereocenters. The van der Waals surface area contributed by atoms with Crippen LogP contribution in [-0.4, -0.2) is 31.2 Å². The van der Waals surface area contributed by atoms with Gasteiger partial charge in [0.25, 0.3) is 0 Å². The Morgan fingerprint density at radius 2 is 1.88 bits per heavy atom. The van der Waals surface area contributed by atoms with Crippen LogP contribution in [0.5, 0.6) is 0 Å². The summed E-state index contributed by atoms with van der Waals surface area (Å²) < 4.78 is 5.41. The fraction of sp³-hybridized carbons (Fsp3) is 0.923. The minimum atomic E-state index is -0.450. The van der Waals surface area contributed by atoms with Gasteiger partial charge in [0.15, 0.2) is 0 Å². The molecule has 0 aromatic heterocycles. The molecule has 0 aliphatic heterocycles. The van der Waals surface area contributed by atoms with Crippen molar-refractivity contribution in [3.63, 3.8) is 0 Å². The molecular formula is C13H28N2O2. The lowest BCUT2D eigenvalue weighted by molar-refractivity contribution is -0.124. The van der Waals surface area contributed by atoms with Crippen LogP contribution in [0.15, 0.2) is 0 Å². The third kappa shape index (κ3) is 8.16. The van der Waals surface area contributed by atoms with Crippen LogP contribution >= 0.6 is 0 Å². The molecule has 0 saturated carbocycles. The lowest BCUT2D eigenvalue weighted by Crippen LogP contribution is -2.48. The van der Waals surface area contributed by atoms with Crippen LogP contribution in [0.1, 0.15) is 47.5 Å². The number of rotatable bonds is 7. The molecule has 0 aliphatic rings. The van der Waals surface area contributed by atoms with Crippen molar-refractivity contribution in [3.8, 4) is 0 Å². The minimum Gasteiger partial charge on any atom is -0.379 e. The van der Waals surface area contributed by atoms with E-state index in [2.05, 4.69) is 5.32 Å². The largest absolute Gasteiger partial charge is 0.379 e. The van der Waals surface area contributed by atoms with Crippen LogP contribution in [0.25, 0.3) is 0 Å². The smallest absolute Gasteiger partial charge is 0.237 e. The third-order valence-corrected chi connectivity index (χ3v) is 2.54. The van der Waals surface area contributed by atoms with Gasteiger partial charge in [0.05, 0.1) is 12.1 Å². The van der Waals surface area contributed by atoms with E-state index in [9.17, 15) is 4.79 Å².